The zero-order valence-corrected chi connectivity index (χ0v) is 16.7. The zero-order chi connectivity index (χ0) is 21.5. The minimum absolute atomic E-state index is 0.0867. The standard InChI is InChI=1S/C20H24F3N3O4/c1-8-12-14(26(10-3-4-10)19(29)24-18(12)28)16(30-2)15(13(8)21)25-6-9-5-20(22,23)17(27)11(9)7-25/h9-11,13,15,17,27H,3-7H2,1-2H3,(H,24,28,29). The van der Waals surface area contributed by atoms with Crippen molar-refractivity contribution in [1.29, 1.82) is 0 Å². The topological polar surface area (TPSA) is 87.6 Å². The predicted molar refractivity (Wildman–Crippen MR) is 101 cm³/mol. The lowest BCUT2D eigenvalue weighted by Gasteiger charge is -2.35. The van der Waals surface area contributed by atoms with E-state index < -0.39 is 53.7 Å². The van der Waals surface area contributed by atoms with Gasteiger partial charge in [-0.2, -0.15) is 0 Å². The van der Waals surface area contributed by atoms with Gasteiger partial charge >= 0.3 is 5.69 Å². The van der Waals surface area contributed by atoms with Gasteiger partial charge in [0.1, 0.15) is 24.1 Å². The van der Waals surface area contributed by atoms with Crippen LogP contribution in [-0.4, -0.2) is 64.0 Å². The number of ether oxygens (including phenoxy) is 1. The fraction of sp³-hybridized carbons (Fsp3) is 0.700. The minimum atomic E-state index is -3.13. The molecule has 0 spiro atoms. The third-order valence-corrected chi connectivity index (χ3v) is 7.15. The van der Waals surface area contributed by atoms with Gasteiger partial charge in [-0.15, -0.1) is 0 Å². The predicted octanol–water partition coefficient (Wildman–Crippen LogP) is -0.535. The number of halogens is 3. The Balaban J connectivity index is 1.67. The van der Waals surface area contributed by atoms with Gasteiger partial charge in [-0.3, -0.25) is 19.2 Å². The van der Waals surface area contributed by atoms with E-state index in [2.05, 4.69) is 4.98 Å². The number of aromatic nitrogens is 2. The average molecular weight is 427 g/mol. The van der Waals surface area contributed by atoms with Crippen LogP contribution in [-0.2, 0) is 4.74 Å². The molecule has 2 saturated carbocycles. The third-order valence-electron chi connectivity index (χ3n) is 7.15. The molecule has 0 radical (unpaired) electrons. The molecule has 30 heavy (non-hydrogen) atoms. The Bertz CT molecular complexity index is 1140. The average Bonchev–Trinajstić information content (AvgIpc) is 3.38. The van der Waals surface area contributed by atoms with Gasteiger partial charge in [-0.25, -0.2) is 18.0 Å². The molecule has 5 rings (SSSR count). The molecule has 1 aliphatic heterocycles. The van der Waals surface area contributed by atoms with E-state index in [1.165, 1.54) is 18.6 Å². The van der Waals surface area contributed by atoms with Crippen molar-refractivity contribution in [3.63, 3.8) is 0 Å². The molecule has 5 unspecified atom stereocenters. The smallest absolute Gasteiger partial charge is 0.329 e. The summed E-state index contributed by atoms with van der Waals surface area (Å²) in [6.07, 6.45) is -2.26. The number of alkyl halides is 3. The molecular formula is C20H24F3N3O4. The lowest BCUT2D eigenvalue weighted by molar-refractivity contribution is -0.102. The number of hydrogen-bond acceptors (Lipinski definition) is 5. The van der Waals surface area contributed by atoms with Gasteiger partial charge in [0.25, 0.3) is 11.5 Å². The van der Waals surface area contributed by atoms with Crippen molar-refractivity contribution < 1.29 is 23.0 Å². The second-order valence-corrected chi connectivity index (χ2v) is 8.97. The number of H-pyrrole nitrogens is 1. The molecule has 1 aromatic rings. The first kappa shape index (κ1) is 19.9. The highest BCUT2D eigenvalue weighted by Crippen LogP contribution is 2.48. The molecule has 164 valence electrons. The van der Waals surface area contributed by atoms with Gasteiger partial charge in [-0.05, 0) is 31.3 Å². The largest absolute Gasteiger partial charge is 0.497 e. The van der Waals surface area contributed by atoms with Crippen LogP contribution in [0.1, 0.15) is 32.2 Å². The number of aromatic amines is 1. The first-order valence-electron chi connectivity index (χ1n) is 10.2. The normalized spacial score (nSPS) is 35.5. The van der Waals surface area contributed by atoms with Gasteiger partial charge in [0.05, 0.1) is 17.7 Å². The van der Waals surface area contributed by atoms with Crippen LogP contribution in [0.3, 0.4) is 0 Å². The van der Waals surface area contributed by atoms with E-state index in [1.807, 2.05) is 0 Å². The van der Waals surface area contributed by atoms with Gasteiger partial charge < -0.3 is 9.84 Å². The molecule has 7 nitrogen and oxygen atoms in total. The van der Waals surface area contributed by atoms with Crippen molar-refractivity contribution in [1.82, 2.24) is 14.5 Å². The third kappa shape index (κ3) is 2.65. The van der Waals surface area contributed by atoms with Crippen LogP contribution in [0.25, 0.3) is 11.3 Å². The molecule has 0 bridgehead atoms. The van der Waals surface area contributed by atoms with Gasteiger partial charge in [-0.1, -0.05) is 0 Å². The number of aliphatic hydroxyl groups is 1. The maximum atomic E-state index is 15.6. The Hall–Kier alpha value is -2.07. The fourth-order valence-corrected chi connectivity index (χ4v) is 5.57. The summed E-state index contributed by atoms with van der Waals surface area (Å²) in [4.78, 5) is 29.1. The summed E-state index contributed by atoms with van der Waals surface area (Å²) in [5, 5.41) is 10.4. The van der Waals surface area contributed by atoms with Crippen molar-refractivity contribution in [2.24, 2.45) is 11.8 Å². The van der Waals surface area contributed by atoms with Gasteiger partial charge in [0.2, 0.25) is 0 Å². The lowest BCUT2D eigenvalue weighted by Crippen LogP contribution is -2.62. The number of rotatable bonds is 3. The number of methoxy groups -OCH3 is 1. The Labute approximate surface area is 169 Å². The molecule has 1 saturated heterocycles. The molecule has 0 aromatic carbocycles. The van der Waals surface area contributed by atoms with Gasteiger partial charge in [0.15, 0.2) is 0 Å². The van der Waals surface area contributed by atoms with Crippen molar-refractivity contribution in [2.75, 3.05) is 20.2 Å². The van der Waals surface area contributed by atoms with E-state index in [0.717, 1.165) is 12.8 Å². The summed E-state index contributed by atoms with van der Waals surface area (Å²) in [6.45, 7) is 1.80. The number of aliphatic hydroxyl groups excluding tert-OH is 1. The molecule has 2 heterocycles. The lowest BCUT2D eigenvalue weighted by atomic mass is 9.94. The van der Waals surface area contributed by atoms with Crippen molar-refractivity contribution in [2.45, 2.75) is 56.5 Å². The monoisotopic (exact) mass is 427 g/mol. The summed E-state index contributed by atoms with van der Waals surface area (Å²) in [5.74, 6) is -4.08. The highest BCUT2D eigenvalue weighted by molar-refractivity contribution is 5.60. The molecule has 2 N–H and O–H groups in total. The van der Waals surface area contributed by atoms with Crippen molar-refractivity contribution in [3.8, 4) is 0 Å². The zero-order valence-electron chi connectivity index (χ0n) is 16.7. The minimum Gasteiger partial charge on any atom is -0.497 e. The summed E-state index contributed by atoms with van der Waals surface area (Å²) in [5.41, 5.74) is -1.03. The Morgan fingerprint density at radius 3 is 2.53 bits per heavy atom. The fourth-order valence-electron chi connectivity index (χ4n) is 5.57. The molecule has 3 aliphatic carbocycles. The Morgan fingerprint density at radius 2 is 1.93 bits per heavy atom. The Kier molecular flexibility index (Phi) is 4.28. The van der Waals surface area contributed by atoms with Crippen molar-refractivity contribution in [3.05, 3.63) is 31.4 Å². The molecule has 4 aliphatic rings. The molecule has 0 amide bonds. The van der Waals surface area contributed by atoms with Crippen LogP contribution < -0.4 is 21.8 Å². The molecule has 1 aromatic heterocycles. The van der Waals surface area contributed by atoms with E-state index >= 15 is 4.39 Å². The highest BCUT2D eigenvalue weighted by Gasteiger charge is 2.59. The van der Waals surface area contributed by atoms with Crippen molar-refractivity contribution >= 4 is 11.3 Å². The second-order valence-electron chi connectivity index (χ2n) is 8.97. The van der Waals surface area contributed by atoms with Crippen LogP contribution in [0.2, 0.25) is 0 Å². The number of fused-ring (bicyclic) bond motifs is 2. The number of nitrogens with zero attached hydrogens (tertiary/aromatic N) is 2. The quantitative estimate of drug-likeness (QED) is 0.677. The first-order valence-corrected chi connectivity index (χ1v) is 10.2. The number of hydrogen-bond donors (Lipinski definition) is 2. The molecule has 5 atom stereocenters. The van der Waals surface area contributed by atoms with Crippen LogP contribution in [0.15, 0.2) is 9.59 Å². The van der Waals surface area contributed by atoms with E-state index in [1.54, 1.807) is 4.90 Å². The summed E-state index contributed by atoms with van der Waals surface area (Å²) in [6, 6.07) is -1.03. The maximum absolute atomic E-state index is 15.6. The molecular weight excluding hydrogens is 403 g/mol. The van der Waals surface area contributed by atoms with Gasteiger partial charge in [0, 0.05) is 31.5 Å². The van der Waals surface area contributed by atoms with E-state index in [9.17, 15) is 23.5 Å². The van der Waals surface area contributed by atoms with Crippen LogP contribution >= 0.6 is 0 Å². The SMILES string of the molecule is COC1=c2c(c(=O)[nH]c(=O)n2C2CC2)=C(C)C(F)C1N1CC2CC(F)(F)C(O)C2C1. The molecule has 3 fully saturated rings. The van der Waals surface area contributed by atoms with E-state index in [-0.39, 0.29) is 41.0 Å². The Morgan fingerprint density at radius 1 is 1.23 bits per heavy atom. The van der Waals surface area contributed by atoms with E-state index in [4.69, 9.17) is 4.74 Å². The first-order chi connectivity index (χ1) is 14.2. The summed E-state index contributed by atoms with van der Waals surface area (Å²) >= 11 is 0. The molecule has 10 heteroatoms. The highest BCUT2D eigenvalue weighted by atomic mass is 19.3. The summed E-state index contributed by atoms with van der Waals surface area (Å²) < 4.78 is 50.5. The summed E-state index contributed by atoms with van der Waals surface area (Å²) in [7, 11) is 1.36. The van der Waals surface area contributed by atoms with Crippen LogP contribution in [0, 0.1) is 11.8 Å². The number of nitrogens with one attached hydrogen (secondary N) is 1. The second kappa shape index (κ2) is 6.46. The maximum Gasteiger partial charge on any atom is 0.329 e. The van der Waals surface area contributed by atoms with E-state index in [0.29, 0.717) is 0 Å². The van der Waals surface area contributed by atoms with Crippen LogP contribution in [0.5, 0.6) is 0 Å². The number of likely N-dealkylation sites (tertiary alicyclic amines) is 1. The van der Waals surface area contributed by atoms with Crippen LogP contribution in [0.4, 0.5) is 13.2 Å².